The molecule has 0 spiro atoms. The van der Waals surface area contributed by atoms with Crippen molar-refractivity contribution < 1.29 is 23.9 Å². The lowest BCUT2D eigenvalue weighted by molar-refractivity contribution is -0.129. The van der Waals surface area contributed by atoms with E-state index in [0.717, 1.165) is 12.8 Å². The van der Waals surface area contributed by atoms with E-state index in [0.29, 0.717) is 29.7 Å². The van der Waals surface area contributed by atoms with Gasteiger partial charge in [0.05, 0.1) is 12.2 Å². The highest BCUT2D eigenvalue weighted by atomic mass is 16.5. The van der Waals surface area contributed by atoms with Crippen LogP contribution >= 0.6 is 0 Å². The van der Waals surface area contributed by atoms with Gasteiger partial charge in [-0.05, 0) is 45.6 Å². The van der Waals surface area contributed by atoms with Crippen LogP contribution in [0.5, 0.6) is 0 Å². The molecule has 0 unspecified atom stereocenters. The van der Waals surface area contributed by atoms with Gasteiger partial charge in [-0.25, -0.2) is 9.59 Å². The van der Waals surface area contributed by atoms with Crippen LogP contribution in [0, 0.1) is 13.8 Å². The second-order valence-corrected chi connectivity index (χ2v) is 5.45. The number of nitrogens with one attached hydrogen (secondary N) is 1. The average molecular weight is 307 g/mol. The van der Waals surface area contributed by atoms with Crippen molar-refractivity contribution in [3.05, 3.63) is 22.5 Å². The maximum atomic E-state index is 12.3. The second-order valence-electron chi connectivity index (χ2n) is 5.45. The molecule has 1 heterocycles. The molecule has 22 heavy (non-hydrogen) atoms. The molecule has 0 bridgehead atoms. The number of ether oxygens (including phenoxy) is 2. The summed E-state index contributed by atoms with van der Waals surface area (Å²) in [5.74, 6) is -1.11. The van der Waals surface area contributed by atoms with Gasteiger partial charge in [0.2, 0.25) is 0 Å². The van der Waals surface area contributed by atoms with Gasteiger partial charge in [-0.1, -0.05) is 0 Å². The fraction of sp³-hybridized carbons (Fsp3) is 0.562. The topological polar surface area (TPSA) is 85.5 Å². The van der Waals surface area contributed by atoms with Gasteiger partial charge in [-0.15, -0.1) is 0 Å². The zero-order valence-electron chi connectivity index (χ0n) is 13.2. The summed E-state index contributed by atoms with van der Waals surface area (Å²) in [5, 5.41) is 0. The molecule has 1 saturated carbocycles. The SMILES string of the molecule is CCOC(=O)c1c(C)[nH]c(C(=O)O[C@@H]2CCCCC2=O)c1C. The second kappa shape index (κ2) is 6.77. The highest BCUT2D eigenvalue weighted by Crippen LogP contribution is 2.23. The molecule has 0 saturated heterocycles. The molecule has 0 aliphatic heterocycles. The van der Waals surface area contributed by atoms with Gasteiger partial charge in [0, 0.05) is 12.1 Å². The third-order valence-electron chi connectivity index (χ3n) is 3.87. The van der Waals surface area contributed by atoms with Gasteiger partial charge >= 0.3 is 11.9 Å². The lowest BCUT2D eigenvalue weighted by Gasteiger charge is -2.20. The Balaban J connectivity index is 2.18. The predicted molar refractivity (Wildman–Crippen MR) is 78.9 cm³/mol. The molecule has 1 fully saturated rings. The van der Waals surface area contributed by atoms with Crippen molar-refractivity contribution in [2.75, 3.05) is 6.61 Å². The van der Waals surface area contributed by atoms with Crippen molar-refractivity contribution in [1.82, 2.24) is 4.98 Å². The molecular formula is C16H21NO5. The van der Waals surface area contributed by atoms with E-state index in [2.05, 4.69) is 4.98 Å². The van der Waals surface area contributed by atoms with Crippen molar-refractivity contribution in [2.24, 2.45) is 0 Å². The summed E-state index contributed by atoms with van der Waals surface area (Å²) in [4.78, 5) is 38.8. The number of carbonyl (C=O) groups is 3. The summed E-state index contributed by atoms with van der Waals surface area (Å²) in [6, 6.07) is 0. The van der Waals surface area contributed by atoms with E-state index >= 15 is 0 Å². The van der Waals surface area contributed by atoms with E-state index in [1.165, 1.54) is 0 Å². The van der Waals surface area contributed by atoms with Crippen molar-refractivity contribution in [2.45, 2.75) is 52.6 Å². The third-order valence-corrected chi connectivity index (χ3v) is 3.87. The van der Waals surface area contributed by atoms with Gasteiger partial charge in [0.1, 0.15) is 5.69 Å². The van der Waals surface area contributed by atoms with Crippen LogP contribution in [0.1, 0.15) is 64.7 Å². The maximum absolute atomic E-state index is 12.3. The molecule has 6 nitrogen and oxygen atoms in total. The van der Waals surface area contributed by atoms with E-state index in [9.17, 15) is 14.4 Å². The number of carbonyl (C=O) groups excluding carboxylic acids is 3. The van der Waals surface area contributed by atoms with Crippen LogP contribution in [0.15, 0.2) is 0 Å². The van der Waals surface area contributed by atoms with E-state index < -0.39 is 18.0 Å². The minimum atomic E-state index is -0.671. The van der Waals surface area contributed by atoms with Gasteiger partial charge in [-0.3, -0.25) is 4.79 Å². The maximum Gasteiger partial charge on any atom is 0.355 e. The van der Waals surface area contributed by atoms with Crippen LogP contribution in [-0.2, 0) is 14.3 Å². The average Bonchev–Trinajstić information content (AvgIpc) is 2.77. The largest absolute Gasteiger partial charge is 0.462 e. The summed E-state index contributed by atoms with van der Waals surface area (Å²) in [7, 11) is 0. The first-order valence-corrected chi connectivity index (χ1v) is 7.55. The van der Waals surface area contributed by atoms with Crippen molar-refractivity contribution >= 4 is 17.7 Å². The summed E-state index contributed by atoms with van der Waals surface area (Å²) < 4.78 is 10.3. The normalized spacial score (nSPS) is 18.1. The number of aromatic nitrogens is 1. The zero-order chi connectivity index (χ0) is 16.3. The fourth-order valence-corrected chi connectivity index (χ4v) is 2.73. The number of hydrogen-bond donors (Lipinski definition) is 1. The Labute approximate surface area is 129 Å². The number of Topliss-reactive ketones (excluding diaryl/α,β-unsaturated/α-hetero) is 1. The molecule has 1 aliphatic carbocycles. The van der Waals surface area contributed by atoms with E-state index in [1.807, 2.05) is 0 Å². The molecular weight excluding hydrogens is 286 g/mol. The van der Waals surface area contributed by atoms with E-state index in [4.69, 9.17) is 9.47 Å². The van der Waals surface area contributed by atoms with Gasteiger partial charge < -0.3 is 14.5 Å². The van der Waals surface area contributed by atoms with Crippen LogP contribution in [0.25, 0.3) is 0 Å². The van der Waals surface area contributed by atoms with Crippen molar-refractivity contribution in [1.29, 1.82) is 0 Å². The summed E-state index contributed by atoms with van der Waals surface area (Å²) in [6.07, 6.45) is 2.07. The predicted octanol–water partition coefficient (Wildman–Crippen LogP) is 2.48. The minimum absolute atomic E-state index is 0.0360. The highest BCUT2D eigenvalue weighted by molar-refractivity contribution is 5.99. The monoisotopic (exact) mass is 307 g/mol. The number of hydrogen-bond acceptors (Lipinski definition) is 5. The van der Waals surface area contributed by atoms with E-state index in [-0.39, 0.29) is 18.1 Å². The fourth-order valence-electron chi connectivity index (χ4n) is 2.73. The third kappa shape index (κ3) is 3.21. The summed E-state index contributed by atoms with van der Waals surface area (Å²) in [5.41, 5.74) is 1.60. The molecule has 1 atom stereocenters. The first kappa shape index (κ1) is 16.3. The molecule has 1 N–H and O–H groups in total. The van der Waals surface area contributed by atoms with Crippen molar-refractivity contribution in [3.8, 4) is 0 Å². The Morgan fingerprint density at radius 2 is 1.95 bits per heavy atom. The number of aromatic amines is 1. The minimum Gasteiger partial charge on any atom is -0.462 e. The van der Waals surface area contributed by atoms with Gasteiger partial charge in [-0.2, -0.15) is 0 Å². The number of esters is 2. The van der Waals surface area contributed by atoms with Crippen molar-refractivity contribution in [3.63, 3.8) is 0 Å². The smallest absolute Gasteiger partial charge is 0.355 e. The number of aryl methyl sites for hydroxylation is 1. The Bertz CT molecular complexity index is 602. The quantitative estimate of drug-likeness (QED) is 0.864. The number of ketones is 1. The van der Waals surface area contributed by atoms with Crippen LogP contribution in [0.2, 0.25) is 0 Å². The Morgan fingerprint density at radius 3 is 2.59 bits per heavy atom. The molecule has 1 aliphatic rings. The Hall–Kier alpha value is -2.11. The molecule has 0 amide bonds. The van der Waals surface area contributed by atoms with E-state index in [1.54, 1.807) is 20.8 Å². The first-order valence-electron chi connectivity index (χ1n) is 7.55. The summed E-state index contributed by atoms with van der Waals surface area (Å²) >= 11 is 0. The molecule has 1 aromatic heterocycles. The number of H-pyrrole nitrogens is 1. The Morgan fingerprint density at radius 1 is 1.23 bits per heavy atom. The number of rotatable bonds is 4. The molecule has 2 rings (SSSR count). The molecule has 120 valence electrons. The van der Waals surface area contributed by atoms with Crippen LogP contribution < -0.4 is 0 Å². The highest BCUT2D eigenvalue weighted by Gasteiger charge is 2.29. The lowest BCUT2D eigenvalue weighted by atomic mass is 9.96. The standard InChI is InChI=1S/C16H21NO5/c1-4-21-15(19)13-9(2)14(17-10(13)3)16(20)22-12-8-6-5-7-11(12)18/h12,17H,4-8H2,1-3H3/t12-/m1/s1. The Kier molecular flexibility index (Phi) is 5.00. The van der Waals surface area contributed by atoms with Gasteiger partial charge in [0.15, 0.2) is 11.9 Å². The molecule has 0 aromatic carbocycles. The molecule has 1 aromatic rings. The lowest BCUT2D eigenvalue weighted by Crippen LogP contribution is -2.30. The van der Waals surface area contributed by atoms with Crippen LogP contribution in [-0.4, -0.2) is 35.4 Å². The van der Waals surface area contributed by atoms with Gasteiger partial charge in [0.25, 0.3) is 0 Å². The van der Waals surface area contributed by atoms with Crippen LogP contribution in [0.4, 0.5) is 0 Å². The zero-order valence-corrected chi connectivity index (χ0v) is 13.2. The first-order chi connectivity index (χ1) is 10.5. The summed E-state index contributed by atoms with van der Waals surface area (Å²) in [6.45, 7) is 5.34. The molecule has 0 radical (unpaired) electrons. The molecule has 6 heteroatoms. The van der Waals surface area contributed by atoms with Crippen LogP contribution in [0.3, 0.4) is 0 Å².